The van der Waals surface area contributed by atoms with Crippen LogP contribution in [0.5, 0.6) is 0 Å². The zero-order valence-corrected chi connectivity index (χ0v) is 5.70. The van der Waals surface area contributed by atoms with Crippen LogP contribution >= 0.6 is 23.4 Å². The van der Waals surface area contributed by atoms with Gasteiger partial charge < -0.3 is 0 Å². The van der Waals surface area contributed by atoms with Gasteiger partial charge in [-0.1, -0.05) is 11.6 Å². The fourth-order valence-electron chi connectivity index (χ4n) is 0.397. The van der Waals surface area contributed by atoms with Crippen molar-refractivity contribution in [3.63, 3.8) is 0 Å². The predicted octanol–water partition coefficient (Wildman–Crippen LogP) is 0.708. The van der Waals surface area contributed by atoms with Gasteiger partial charge in [0.15, 0.2) is 0 Å². The van der Waals surface area contributed by atoms with Crippen LogP contribution in [0.1, 0.15) is 0 Å². The molecule has 1 aliphatic rings. The first-order chi connectivity index (χ1) is 4.18. The Labute approximate surface area is 61.5 Å². The van der Waals surface area contributed by atoms with Gasteiger partial charge in [0.1, 0.15) is 5.16 Å². The maximum atomic E-state index is 10.4. The van der Waals surface area contributed by atoms with E-state index in [0.29, 0.717) is 0 Å². The third-order valence-electron chi connectivity index (χ3n) is 0.668. The lowest BCUT2D eigenvalue weighted by atomic mass is 10.8. The summed E-state index contributed by atoms with van der Waals surface area (Å²) in [6, 6.07) is -0.447. The van der Waals surface area contributed by atoms with Crippen LogP contribution in [0.4, 0.5) is 4.79 Å². The lowest BCUT2D eigenvalue weighted by Crippen LogP contribution is -2.43. The largest absolute Gasteiger partial charge is 0.339 e. The van der Waals surface area contributed by atoms with E-state index in [4.69, 9.17) is 23.4 Å². The van der Waals surface area contributed by atoms with Crippen molar-refractivity contribution in [2.24, 2.45) is 0 Å². The van der Waals surface area contributed by atoms with Crippen molar-refractivity contribution in [1.82, 2.24) is 15.3 Å². The molecule has 0 unspecified atom stereocenters. The molecule has 2 amide bonds. The first-order valence-corrected chi connectivity index (χ1v) is 2.80. The van der Waals surface area contributed by atoms with Crippen LogP contribution in [-0.2, 0) is 0 Å². The highest BCUT2D eigenvalue weighted by Gasteiger charge is 2.10. The predicted molar refractivity (Wildman–Crippen MR) is 33.3 cm³/mol. The lowest BCUT2D eigenvalue weighted by Gasteiger charge is -2.17. The standard InChI is InChI=1S/C3H3Cl2N3O/c4-2-1-8(5)7-3(9)6-2/h1H,(H2,6,7,9). The highest BCUT2D eigenvalue weighted by atomic mass is 35.5. The zero-order chi connectivity index (χ0) is 6.85. The molecule has 1 aliphatic heterocycles. The second-order valence-corrected chi connectivity index (χ2v) is 2.13. The lowest BCUT2D eigenvalue weighted by molar-refractivity contribution is 0.229. The summed E-state index contributed by atoms with van der Waals surface area (Å²) < 4.78 is 0.946. The Balaban J connectivity index is 2.67. The Hall–Kier alpha value is -0.610. The van der Waals surface area contributed by atoms with Gasteiger partial charge in [-0.2, -0.15) is 4.53 Å². The summed E-state index contributed by atoms with van der Waals surface area (Å²) in [7, 11) is 0. The summed E-state index contributed by atoms with van der Waals surface area (Å²) in [5, 5.41) is 2.45. The number of amides is 2. The maximum Gasteiger partial charge on any atom is 0.339 e. The molecule has 6 heteroatoms. The Kier molecular flexibility index (Phi) is 1.68. The number of halogens is 2. The molecule has 0 atom stereocenters. The van der Waals surface area contributed by atoms with E-state index in [0.717, 1.165) is 4.53 Å². The van der Waals surface area contributed by atoms with E-state index < -0.39 is 6.03 Å². The number of nitrogens with one attached hydrogen (secondary N) is 2. The van der Waals surface area contributed by atoms with Crippen LogP contribution < -0.4 is 10.7 Å². The molecular formula is C3H3Cl2N3O. The van der Waals surface area contributed by atoms with E-state index >= 15 is 0 Å². The van der Waals surface area contributed by atoms with E-state index in [1.807, 2.05) is 0 Å². The summed E-state index contributed by atoms with van der Waals surface area (Å²) in [4.78, 5) is 10.4. The van der Waals surface area contributed by atoms with Crippen molar-refractivity contribution in [3.8, 4) is 0 Å². The second kappa shape index (κ2) is 2.33. The minimum Gasteiger partial charge on any atom is -0.295 e. The van der Waals surface area contributed by atoms with Crippen LogP contribution in [0, 0.1) is 0 Å². The van der Waals surface area contributed by atoms with Crippen LogP contribution in [0.15, 0.2) is 11.4 Å². The molecule has 0 saturated heterocycles. The van der Waals surface area contributed by atoms with Crippen LogP contribution in [0.3, 0.4) is 0 Å². The second-order valence-electron chi connectivity index (χ2n) is 1.35. The molecule has 0 radical (unpaired) electrons. The van der Waals surface area contributed by atoms with Gasteiger partial charge >= 0.3 is 6.03 Å². The normalized spacial score (nSPS) is 18.2. The molecule has 50 valence electrons. The number of rotatable bonds is 0. The highest BCUT2D eigenvalue weighted by molar-refractivity contribution is 6.31. The molecule has 0 aromatic heterocycles. The highest BCUT2D eigenvalue weighted by Crippen LogP contribution is 2.03. The molecule has 9 heavy (non-hydrogen) atoms. The number of carbonyl (C=O) groups excluding carboxylic acids is 1. The molecule has 0 aromatic carbocycles. The third-order valence-corrected chi connectivity index (χ3v) is 1.04. The number of hydrogen-bond donors (Lipinski definition) is 2. The van der Waals surface area contributed by atoms with Crippen LogP contribution in [0.2, 0.25) is 0 Å². The quantitative estimate of drug-likeness (QED) is 0.413. The van der Waals surface area contributed by atoms with Gasteiger partial charge in [0, 0.05) is 11.8 Å². The first kappa shape index (κ1) is 6.51. The molecule has 2 N–H and O–H groups in total. The zero-order valence-electron chi connectivity index (χ0n) is 4.19. The van der Waals surface area contributed by atoms with Crippen molar-refractivity contribution in [3.05, 3.63) is 11.4 Å². The van der Waals surface area contributed by atoms with Crippen molar-refractivity contribution < 1.29 is 4.79 Å². The Morgan fingerprint density at radius 1 is 1.67 bits per heavy atom. The number of nitrogens with zero attached hydrogens (tertiary/aromatic N) is 1. The number of hydrazine groups is 1. The number of hydrogen-bond acceptors (Lipinski definition) is 2. The minimum atomic E-state index is -0.447. The smallest absolute Gasteiger partial charge is 0.295 e. The van der Waals surface area contributed by atoms with E-state index in [-0.39, 0.29) is 5.16 Å². The summed E-state index contributed by atoms with van der Waals surface area (Å²) in [6.45, 7) is 0. The maximum absolute atomic E-state index is 10.4. The molecule has 0 aliphatic carbocycles. The van der Waals surface area contributed by atoms with Crippen molar-refractivity contribution in [2.45, 2.75) is 0 Å². The molecule has 0 fully saturated rings. The summed E-state index contributed by atoms with van der Waals surface area (Å²) in [5.74, 6) is 0. The SMILES string of the molecule is O=C1NC(Cl)=CN(Cl)N1. The average Bonchev–Trinajstić information content (AvgIpc) is 1.59. The molecule has 0 aromatic rings. The van der Waals surface area contributed by atoms with E-state index in [1.54, 1.807) is 0 Å². The van der Waals surface area contributed by atoms with Crippen molar-refractivity contribution in [1.29, 1.82) is 0 Å². The fraction of sp³-hybridized carbons (Fsp3) is 0. The van der Waals surface area contributed by atoms with Gasteiger partial charge in [-0.15, -0.1) is 0 Å². The van der Waals surface area contributed by atoms with Crippen molar-refractivity contribution in [2.75, 3.05) is 0 Å². The molecule has 1 rings (SSSR count). The molecule has 0 bridgehead atoms. The summed E-state index contributed by atoms with van der Waals surface area (Å²) in [5.41, 5.74) is 2.20. The number of urea groups is 1. The first-order valence-electron chi connectivity index (χ1n) is 2.08. The van der Waals surface area contributed by atoms with Gasteiger partial charge in [0.2, 0.25) is 0 Å². The Bertz CT molecular complexity index is 168. The van der Waals surface area contributed by atoms with Gasteiger partial charge in [-0.05, 0) is 0 Å². The number of carbonyl (C=O) groups is 1. The average molecular weight is 168 g/mol. The van der Waals surface area contributed by atoms with Crippen molar-refractivity contribution >= 4 is 29.4 Å². The fourth-order valence-corrected chi connectivity index (χ4v) is 0.805. The third kappa shape index (κ3) is 1.65. The van der Waals surface area contributed by atoms with Gasteiger partial charge in [0.05, 0.1) is 6.20 Å². The monoisotopic (exact) mass is 167 g/mol. The summed E-state index contributed by atoms with van der Waals surface area (Å²) in [6.07, 6.45) is 1.32. The van der Waals surface area contributed by atoms with Crippen LogP contribution in [-0.4, -0.2) is 10.6 Å². The Morgan fingerprint density at radius 2 is 2.33 bits per heavy atom. The van der Waals surface area contributed by atoms with Gasteiger partial charge in [-0.3, -0.25) is 5.32 Å². The van der Waals surface area contributed by atoms with Crippen LogP contribution in [0.25, 0.3) is 0 Å². The van der Waals surface area contributed by atoms with E-state index in [9.17, 15) is 4.79 Å². The van der Waals surface area contributed by atoms with Gasteiger partial charge in [-0.25, -0.2) is 10.2 Å². The molecule has 0 saturated carbocycles. The Morgan fingerprint density at radius 3 is 2.78 bits per heavy atom. The molecule has 0 spiro atoms. The van der Waals surface area contributed by atoms with Gasteiger partial charge in [0.25, 0.3) is 0 Å². The van der Waals surface area contributed by atoms with E-state index in [1.165, 1.54) is 6.20 Å². The minimum absolute atomic E-state index is 0.189. The van der Waals surface area contributed by atoms with E-state index in [2.05, 4.69) is 10.7 Å². The summed E-state index contributed by atoms with van der Waals surface area (Å²) >= 11 is 10.7. The molecular weight excluding hydrogens is 165 g/mol. The molecule has 1 heterocycles. The molecule has 4 nitrogen and oxygen atoms in total. The topological polar surface area (TPSA) is 44.4 Å².